The molecular weight excluding hydrogens is 292 g/mol. The molecule has 0 aliphatic heterocycles. The van der Waals surface area contributed by atoms with Gasteiger partial charge in [0.05, 0.1) is 5.25 Å². The van der Waals surface area contributed by atoms with Crippen LogP contribution in [0.2, 0.25) is 0 Å². The summed E-state index contributed by atoms with van der Waals surface area (Å²) in [7, 11) is 0. The normalized spacial score (nSPS) is 12.1. The SMILES string of the molecule is CC[C@H](Sc1nc(C)cc(=O)[nH]1)C(=O)Nc1cc(C)on1. The van der Waals surface area contributed by atoms with Gasteiger partial charge in [0.1, 0.15) is 5.76 Å². The molecule has 0 bridgehead atoms. The Bertz CT molecular complexity index is 695. The maximum absolute atomic E-state index is 12.2. The maximum Gasteiger partial charge on any atom is 0.251 e. The number of thioether (sulfide) groups is 1. The van der Waals surface area contributed by atoms with Gasteiger partial charge in [0.25, 0.3) is 5.56 Å². The van der Waals surface area contributed by atoms with Crippen LogP contribution < -0.4 is 10.9 Å². The molecule has 0 saturated carbocycles. The van der Waals surface area contributed by atoms with E-state index in [2.05, 4.69) is 20.4 Å². The van der Waals surface area contributed by atoms with Crippen molar-refractivity contribution in [2.45, 2.75) is 37.6 Å². The van der Waals surface area contributed by atoms with Gasteiger partial charge in [0.2, 0.25) is 5.91 Å². The highest BCUT2D eigenvalue weighted by molar-refractivity contribution is 8.00. The molecule has 2 rings (SSSR count). The van der Waals surface area contributed by atoms with Crippen molar-refractivity contribution in [1.29, 1.82) is 0 Å². The Balaban J connectivity index is 2.08. The molecule has 21 heavy (non-hydrogen) atoms. The molecule has 0 unspecified atom stereocenters. The molecule has 1 atom stereocenters. The number of hydrogen-bond acceptors (Lipinski definition) is 6. The van der Waals surface area contributed by atoms with Crippen molar-refractivity contribution < 1.29 is 9.32 Å². The van der Waals surface area contributed by atoms with E-state index in [9.17, 15) is 9.59 Å². The lowest BCUT2D eigenvalue weighted by molar-refractivity contribution is -0.115. The van der Waals surface area contributed by atoms with E-state index in [1.165, 1.54) is 17.8 Å². The van der Waals surface area contributed by atoms with Gasteiger partial charge in [-0.25, -0.2) is 4.98 Å². The maximum atomic E-state index is 12.2. The van der Waals surface area contributed by atoms with Crippen molar-refractivity contribution in [1.82, 2.24) is 15.1 Å². The van der Waals surface area contributed by atoms with Crippen molar-refractivity contribution in [3.8, 4) is 0 Å². The lowest BCUT2D eigenvalue weighted by Crippen LogP contribution is -2.25. The molecule has 0 radical (unpaired) electrons. The predicted octanol–water partition coefficient (Wildman–Crippen LogP) is 1.88. The van der Waals surface area contributed by atoms with Gasteiger partial charge in [-0.3, -0.25) is 9.59 Å². The summed E-state index contributed by atoms with van der Waals surface area (Å²) in [5.41, 5.74) is 0.385. The van der Waals surface area contributed by atoms with E-state index in [-0.39, 0.29) is 16.7 Å². The van der Waals surface area contributed by atoms with E-state index >= 15 is 0 Å². The zero-order valence-electron chi connectivity index (χ0n) is 12.0. The van der Waals surface area contributed by atoms with Crippen LogP contribution in [0.1, 0.15) is 24.8 Å². The minimum Gasteiger partial charge on any atom is -0.360 e. The number of nitrogens with one attached hydrogen (secondary N) is 2. The van der Waals surface area contributed by atoms with E-state index in [0.717, 1.165) is 0 Å². The van der Waals surface area contributed by atoms with Crippen molar-refractivity contribution in [3.05, 3.63) is 33.9 Å². The molecule has 112 valence electrons. The van der Waals surface area contributed by atoms with Gasteiger partial charge in [0.15, 0.2) is 11.0 Å². The first-order chi connectivity index (χ1) is 9.97. The molecule has 2 aromatic rings. The largest absolute Gasteiger partial charge is 0.360 e. The number of amides is 1. The highest BCUT2D eigenvalue weighted by Crippen LogP contribution is 2.22. The average molecular weight is 308 g/mol. The number of aromatic nitrogens is 3. The topological polar surface area (TPSA) is 101 Å². The first-order valence-corrected chi connectivity index (χ1v) is 7.34. The second-order valence-electron chi connectivity index (χ2n) is 4.52. The van der Waals surface area contributed by atoms with Crippen LogP contribution in [0, 0.1) is 13.8 Å². The standard InChI is InChI=1S/C13H16N4O3S/c1-4-9(12(19)15-10-6-8(3)20-17-10)21-13-14-7(2)5-11(18)16-13/h5-6,9H,4H2,1-3H3,(H,14,16,18)(H,15,17,19)/t9-/m0/s1. The van der Waals surface area contributed by atoms with Crippen LogP contribution in [0.5, 0.6) is 0 Å². The summed E-state index contributed by atoms with van der Waals surface area (Å²) in [6.07, 6.45) is 0.588. The summed E-state index contributed by atoms with van der Waals surface area (Å²) < 4.78 is 4.90. The van der Waals surface area contributed by atoms with Crippen molar-refractivity contribution in [2.24, 2.45) is 0 Å². The van der Waals surface area contributed by atoms with Gasteiger partial charge in [-0.2, -0.15) is 0 Å². The van der Waals surface area contributed by atoms with Crippen molar-refractivity contribution >= 4 is 23.5 Å². The Labute approximate surface area is 125 Å². The number of carbonyl (C=O) groups is 1. The van der Waals surface area contributed by atoms with Crippen LogP contribution in [0.3, 0.4) is 0 Å². The summed E-state index contributed by atoms with van der Waals surface area (Å²) >= 11 is 1.21. The number of nitrogens with zero attached hydrogens (tertiary/aromatic N) is 2. The van der Waals surface area contributed by atoms with Gasteiger partial charge >= 0.3 is 0 Å². The third kappa shape index (κ3) is 4.19. The highest BCUT2D eigenvalue weighted by Gasteiger charge is 2.20. The minimum atomic E-state index is -0.382. The molecule has 0 saturated heterocycles. The first kappa shape index (κ1) is 15.3. The van der Waals surface area contributed by atoms with E-state index in [0.29, 0.717) is 28.8 Å². The van der Waals surface area contributed by atoms with E-state index < -0.39 is 0 Å². The van der Waals surface area contributed by atoms with E-state index in [1.54, 1.807) is 19.9 Å². The number of aryl methyl sites for hydroxylation is 2. The number of aromatic amines is 1. The number of rotatable bonds is 5. The smallest absolute Gasteiger partial charge is 0.251 e. The van der Waals surface area contributed by atoms with Gasteiger partial charge in [-0.05, 0) is 20.3 Å². The summed E-state index contributed by atoms with van der Waals surface area (Å²) in [5, 5.41) is 6.44. The second kappa shape index (κ2) is 6.57. The number of H-pyrrole nitrogens is 1. The summed E-state index contributed by atoms with van der Waals surface area (Å²) in [5.74, 6) is 0.790. The molecule has 2 N–H and O–H groups in total. The van der Waals surface area contributed by atoms with Crippen LogP contribution in [-0.2, 0) is 4.79 Å². The second-order valence-corrected chi connectivity index (χ2v) is 5.71. The monoisotopic (exact) mass is 308 g/mol. The Morgan fingerprint density at radius 1 is 1.48 bits per heavy atom. The molecule has 8 heteroatoms. The highest BCUT2D eigenvalue weighted by atomic mass is 32.2. The van der Waals surface area contributed by atoms with Crippen LogP contribution >= 0.6 is 11.8 Å². The lowest BCUT2D eigenvalue weighted by atomic mass is 10.3. The first-order valence-electron chi connectivity index (χ1n) is 6.46. The lowest BCUT2D eigenvalue weighted by Gasteiger charge is -2.12. The van der Waals surface area contributed by atoms with Gasteiger partial charge in [-0.1, -0.05) is 23.8 Å². The Hall–Kier alpha value is -2.09. The molecule has 0 fully saturated rings. The molecular formula is C13H16N4O3S. The van der Waals surface area contributed by atoms with Crippen LogP contribution in [0.15, 0.2) is 26.6 Å². The Kier molecular flexibility index (Phi) is 4.79. The third-order valence-corrected chi connectivity index (χ3v) is 3.89. The van der Waals surface area contributed by atoms with E-state index in [4.69, 9.17) is 4.52 Å². The molecule has 0 aliphatic carbocycles. The quantitative estimate of drug-likeness (QED) is 0.646. The molecule has 2 aromatic heterocycles. The summed E-state index contributed by atoms with van der Waals surface area (Å²) in [6.45, 7) is 5.37. The fraction of sp³-hybridized carbons (Fsp3) is 0.385. The number of anilines is 1. The third-order valence-electron chi connectivity index (χ3n) is 2.64. The van der Waals surface area contributed by atoms with Gasteiger partial charge < -0.3 is 14.8 Å². The number of hydrogen-bond donors (Lipinski definition) is 2. The van der Waals surface area contributed by atoms with Gasteiger partial charge in [0, 0.05) is 17.8 Å². The summed E-state index contributed by atoms with van der Waals surface area (Å²) in [4.78, 5) is 30.4. The number of carbonyl (C=O) groups excluding carboxylic acids is 1. The minimum absolute atomic E-state index is 0.208. The molecule has 0 aliphatic rings. The van der Waals surface area contributed by atoms with Crippen LogP contribution in [-0.4, -0.2) is 26.3 Å². The fourth-order valence-corrected chi connectivity index (χ4v) is 2.65. The van der Waals surface area contributed by atoms with E-state index in [1.807, 2.05) is 6.92 Å². The van der Waals surface area contributed by atoms with Gasteiger partial charge in [-0.15, -0.1) is 0 Å². The van der Waals surface area contributed by atoms with Crippen LogP contribution in [0.4, 0.5) is 5.82 Å². The Morgan fingerprint density at radius 3 is 2.81 bits per heavy atom. The predicted molar refractivity (Wildman–Crippen MR) is 79.4 cm³/mol. The fourth-order valence-electron chi connectivity index (χ4n) is 1.70. The average Bonchev–Trinajstić information content (AvgIpc) is 2.80. The molecule has 2 heterocycles. The molecule has 7 nitrogen and oxygen atoms in total. The zero-order chi connectivity index (χ0) is 15.4. The zero-order valence-corrected chi connectivity index (χ0v) is 12.8. The van der Waals surface area contributed by atoms with Crippen molar-refractivity contribution in [3.63, 3.8) is 0 Å². The Morgan fingerprint density at radius 2 is 2.24 bits per heavy atom. The molecule has 0 aromatic carbocycles. The molecule has 0 spiro atoms. The van der Waals surface area contributed by atoms with Crippen molar-refractivity contribution in [2.75, 3.05) is 5.32 Å². The molecule has 1 amide bonds. The van der Waals surface area contributed by atoms with Crippen LogP contribution in [0.25, 0.3) is 0 Å². The summed E-state index contributed by atoms with van der Waals surface area (Å²) in [6, 6.07) is 3.05.